The second kappa shape index (κ2) is 34.2. The van der Waals surface area contributed by atoms with Gasteiger partial charge in [-0.1, -0.05) is 202 Å². The summed E-state index contributed by atoms with van der Waals surface area (Å²) in [6.45, 7) is 44.7. The first-order valence-electron chi connectivity index (χ1n) is 22.4. The van der Waals surface area contributed by atoms with Gasteiger partial charge in [-0.3, -0.25) is 4.98 Å². The Morgan fingerprint density at radius 2 is 0.733 bits per heavy atom. The number of nitrogens with zero attached hydrogens (tertiary/aromatic N) is 9. The Bertz CT molecular complexity index is 1660. The largest absolute Gasteiger partial charge is 0.264 e. The van der Waals surface area contributed by atoms with Gasteiger partial charge in [-0.15, -0.1) is 0 Å². The lowest BCUT2D eigenvalue weighted by Crippen LogP contribution is -2.15. The standard InChI is InChI=1S/C12H14N2.C11H13N3.C10H12N4.6C3H8/c1-12(2,3)11-9-6-4-5-7-10(9)13-8-14-11;1-11(2,3)10-8-6-12-5-4-9(8)13-7-14-10;1-10(2,3)8-7-9(14-6-13-8)12-5-4-11-7;6*1-3-2/h4-8H,1-3H3;4-7H,1-3H3;4-6H,1-3H3;6*3H2,1-2H3. The van der Waals surface area contributed by atoms with Crippen LogP contribution in [0.3, 0.4) is 0 Å². The lowest BCUT2D eigenvalue weighted by Gasteiger charge is -2.18. The Labute approximate surface area is 368 Å². The van der Waals surface area contributed by atoms with Gasteiger partial charge in [0, 0.05) is 51.8 Å². The van der Waals surface area contributed by atoms with Crippen molar-refractivity contribution in [3.63, 3.8) is 0 Å². The molecule has 5 aromatic heterocycles. The van der Waals surface area contributed by atoms with Crippen LogP contribution in [0.4, 0.5) is 0 Å². The summed E-state index contributed by atoms with van der Waals surface area (Å²) in [6, 6.07) is 10.0. The van der Waals surface area contributed by atoms with Crippen LogP contribution in [-0.4, -0.2) is 44.9 Å². The fourth-order valence-electron chi connectivity index (χ4n) is 4.44. The molecule has 0 bridgehead atoms. The third-order valence-corrected chi connectivity index (χ3v) is 6.38. The number of hydrogen-bond acceptors (Lipinski definition) is 9. The van der Waals surface area contributed by atoms with Crippen LogP contribution in [0.1, 0.15) is 201 Å². The zero-order valence-electron chi connectivity index (χ0n) is 42.2. The summed E-state index contributed by atoms with van der Waals surface area (Å²) >= 11 is 0. The molecule has 6 aromatic rings. The van der Waals surface area contributed by atoms with Gasteiger partial charge in [0.1, 0.15) is 24.5 Å². The number of rotatable bonds is 0. The maximum atomic E-state index is 4.37. The molecular weight excluding hydrogens is 739 g/mol. The molecule has 0 fully saturated rings. The van der Waals surface area contributed by atoms with Gasteiger partial charge in [0.05, 0.1) is 28.1 Å². The van der Waals surface area contributed by atoms with Crippen molar-refractivity contribution in [2.75, 3.05) is 0 Å². The molecule has 9 heteroatoms. The number of aromatic nitrogens is 9. The zero-order chi connectivity index (χ0) is 46.8. The number of hydrogen-bond donors (Lipinski definition) is 0. The molecule has 60 heavy (non-hydrogen) atoms. The summed E-state index contributed by atoms with van der Waals surface area (Å²) in [6.07, 6.45) is 19.2. The molecule has 5 heterocycles. The van der Waals surface area contributed by atoms with Gasteiger partial charge in [0.25, 0.3) is 0 Å². The maximum absolute atomic E-state index is 4.37. The van der Waals surface area contributed by atoms with Crippen molar-refractivity contribution in [1.82, 2.24) is 44.9 Å². The lowest BCUT2D eigenvalue weighted by molar-refractivity contribution is 0.572. The van der Waals surface area contributed by atoms with Gasteiger partial charge in [0.15, 0.2) is 5.65 Å². The van der Waals surface area contributed by atoms with Gasteiger partial charge in [-0.05, 0) is 12.1 Å². The van der Waals surface area contributed by atoms with E-state index in [0.29, 0.717) is 5.65 Å². The first-order chi connectivity index (χ1) is 28.3. The highest BCUT2D eigenvalue weighted by Gasteiger charge is 2.21. The van der Waals surface area contributed by atoms with Crippen LogP contribution in [0.25, 0.3) is 33.0 Å². The highest BCUT2D eigenvalue weighted by Crippen LogP contribution is 2.27. The zero-order valence-corrected chi connectivity index (χ0v) is 42.2. The van der Waals surface area contributed by atoms with E-state index in [1.54, 1.807) is 31.2 Å². The third kappa shape index (κ3) is 25.2. The van der Waals surface area contributed by atoms with Crippen molar-refractivity contribution < 1.29 is 0 Å². The molecular formula is C51H87N9. The number of fused-ring (bicyclic) bond motifs is 3. The first-order valence-corrected chi connectivity index (χ1v) is 22.4. The van der Waals surface area contributed by atoms with E-state index < -0.39 is 0 Å². The topological polar surface area (TPSA) is 116 Å². The Morgan fingerprint density at radius 1 is 0.367 bits per heavy atom. The molecule has 1 aromatic carbocycles. The van der Waals surface area contributed by atoms with Crippen molar-refractivity contribution in [2.45, 2.75) is 200 Å². The molecule has 0 saturated carbocycles. The van der Waals surface area contributed by atoms with Gasteiger partial charge < -0.3 is 0 Å². The summed E-state index contributed by atoms with van der Waals surface area (Å²) in [5.74, 6) is 0. The van der Waals surface area contributed by atoms with E-state index >= 15 is 0 Å². The van der Waals surface area contributed by atoms with Crippen molar-refractivity contribution in [3.05, 3.63) is 91.2 Å². The molecule has 336 valence electrons. The van der Waals surface area contributed by atoms with E-state index in [1.807, 2.05) is 30.5 Å². The van der Waals surface area contributed by atoms with E-state index in [9.17, 15) is 0 Å². The Hall–Kier alpha value is -4.53. The summed E-state index contributed by atoms with van der Waals surface area (Å²) in [4.78, 5) is 38.0. The van der Waals surface area contributed by atoms with E-state index in [1.165, 1.54) is 44.9 Å². The highest BCUT2D eigenvalue weighted by molar-refractivity contribution is 5.81. The van der Waals surface area contributed by atoms with Crippen LogP contribution in [0.5, 0.6) is 0 Å². The third-order valence-electron chi connectivity index (χ3n) is 6.38. The minimum atomic E-state index is -0.0305. The van der Waals surface area contributed by atoms with Gasteiger partial charge in [-0.2, -0.15) is 0 Å². The quantitative estimate of drug-likeness (QED) is 0.148. The number of benzene rings is 1. The minimum absolute atomic E-state index is 0.0305. The number of pyridine rings is 1. The average Bonchev–Trinajstić information content (AvgIpc) is 3.18. The van der Waals surface area contributed by atoms with Crippen molar-refractivity contribution >= 4 is 33.0 Å². The lowest BCUT2D eigenvalue weighted by atomic mass is 9.89. The Kier molecular flexibility index (Phi) is 34.1. The molecule has 9 nitrogen and oxygen atoms in total. The SMILES string of the molecule is CC(C)(C)c1ncnc2ccccc12.CC(C)(C)c1ncnc2ccncc12.CC(C)(C)c1ncnc2nccnc12.CCC.CCC.CCC.CCC.CCC.CCC. The van der Waals surface area contributed by atoms with Crippen LogP contribution in [0.15, 0.2) is 74.1 Å². The summed E-state index contributed by atoms with van der Waals surface area (Å²) in [7, 11) is 0. The predicted octanol–water partition coefficient (Wildman–Crippen LogP) is 15.5. The molecule has 0 unspecified atom stereocenters. The van der Waals surface area contributed by atoms with Gasteiger partial charge in [0.2, 0.25) is 0 Å². The van der Waals surface area contributed by atoms with E-state index in [-0.39, 0.29) is 16.2 Å². The van der Waals surface area contributed by atoms with Gasteiger partial charge >= 0.3 is 0 Å². The van der Waals surface area contributed by atoms with Crippen LogP contribution in [0, 0.1) is 0 Å². The predicted molar refractivity (Wildman–Crippen MR) is 264 cm³/mol. The molecule has 0 saturated heterocycles. The molecule has 0 radical (unpaired) electrons. The average molecular weight is 826 g/mol. The van der Waals surface area contributed by atoms with E-state index in [4.69, 9.17) is 0 Å². The molecule has 0 aliphatic rings. The van der Waals surface area contributed by atoms with E-state index in [0.717, 1.165) is 44.4 Å². The summed E-state index contributed by atoms with van der Waals surface area (Å²) in [5, 5.41) is 2.20. The summed E-state index contributed by atoms with van der Waals surface area (Å²) in [5.41, 5.74) is 6.61. The Morgan fingerprint density at radius 3 is 1.18 bits per heavy atom. The molecule has 6 rings (SSSR count). The molecule has 0 aliphatic heterocycles. The normalized spacial score (nSPS) is 10.2. The molecule has 0 spiro atoms. The monoisotopic (exact) mass is 826 g/mol. The molecule has 0 amide bonds. The molecule has 0 atom stereocenters. The number of para-hydroxylation sites is 1. The highest BCUT2D eigenvalue weighted by atomic mass is 15.0. The maximum Gasteiger partial charge on any atom is 0.181 e. The van der Waals surface area contributed by atoms with Crippen LogP contribution in [-0.2, 0) is 16.2 Å². The summed E-state index contributed by atoms with van der Waals surface area (Å²) < 4.78 is 0. The Balaban J connectivity index is -0.000000678. The minimum Gasteiger partial charge on any atom is -0.264 e. The fraction of sp³-hybridized carbons (Fsp3) is 0.588. The van der Waals surface area contributed by atoms with Crippen molar-refractivity contribution in [1.29, 1.82) is 0 Å². The van der Waals surface area contributed by atoms with Crippen molar-refractivity contribution in [3.8, 4) is 0 Å². The van der Waals surface area contributed by atoms with Crippen LogP contribution in [0.2, 0.25) is 0 Å². The van der Waals surface area contributed by atoms with Gasteiger partial charge in [-0.25, -0.2) is 39.9 Å². The first kappa shape index (κ1) is 59.8. The van der Waals surface area contributed by atoms with Crippen LogP contribution < -0.4 is 0 Å². The molecule has 0 N–H and O–H groups in total. The second-order valence-electron chi connectivity index (χ2n) is 17.3. The fourth-order valence-corrected chi connectivity index (χ4v) is 4.44. The van der Waals surface area contributed by atoms with E-state index in [2.05, 4.69) is 196 Å². The van der Waals surface area contributed by atoms with Crippen molar-refractivity contribution in [2.24, 2.45) is 0 Å². The van der Waals surface area contributed by atoms with Crippen LogP contribution >= 0.6 is 0 Å². The molecule has 0 aliphatic carbocycles. The smallest absolute Gasteiger partial charge is 0.181 e. The second-order valence-corrected chi connectivity index (χ2v) is 17.3.